The molecule has 1 rings (SSSR count). The molecule has 0 aromatic heterocycles. The minimum absolute atomic E-state index is 0.00882. The highest BCUT2D eigenvalue weighted by Gasteiger charge is 2.09. The molecule has 5 nitrogen and oxygen atoms in total. The number of nitrogens with one attached hydrogen (secondary N) is 2. The molecule has 20 heavy (non-hydrogen) atoms. The summed E-state index contributed by atoms with van der Waals surface area (Å²) in [6.07, 6.45) is 0.0683. The van der Waals surface area contributed by atoms with Crippen LogP contribution in [0.25, 0.3) is 0 Å². The van der Waals surface area contributed by atoms with Crippen LogP contribution < -0.4 is 10.6 Å². The van der Waals surface area contributed by atoms with E-state index < -0.39 is 6.09 Å². The summed E-state index contributed by atoms with van der Waals surface area (Å²) < 4.78 is 0. The van der Waals surface area contributed by atoms with Crippen molar-refractivity contribution in [1.82, 2.24) is 10.6 Å². The van der Waals surface area contributed by atoms with Gasteiger partial charge in [0.2, 0.25) is 5.91 Å². The lowest BCUT2D eigenvalue weighted by Gasteiger charge is -2.11. The third-order valence-corrected chi connectivity index (χ3v) is 2.99. The van der Waals surface area contributed by atoms with Gasteiger partial charge in [-0.15, -0.1) is 0 Å². The van der Waals surface area contributed by atoms with Gasteiger partial charge in [-0.2, -0.15) is 0 Å². The van der Waals surface area contributed by atoms with Crippen LogP contribution in [0.5, 0.6) is 0 Å². The molecule has 1 aromatic carbocycles. The van der Waals surface area contributed by atoms with Crippen LogP contribution in [-0.2, 0) is 11.2 Å². The molecular weight excluding hydrogens is 256 g/mol. The maximum atomic E-state index is 11.7. The molecule has 5 heteroatoms. The molecule has 0 fully saturated rings. The van der Waals surface area contributed by atoms with Gasteiger partial charge < -0.3 is 15.7 Å². The van der Waals surface area contributed by atoms with E-state index in [1.807, 2.05) is 13.8 Å². The number of amides is 2. The van der Waals surface area contributed by atoms with Gasteiger partial charge in [-0.25, -0.2) is 4.79 Å². The molecule has 0 bridgehead atoms. The van der Waals surface area contributed by atoms with Crippen LogP contribution in [0.15, 0.2) is 24.3 Å². The van der Waals surface area contributed by atoms with E-state index in [1.165, 1.54) is 11.1 Å². The molecule has 0 radical (unpaired) electrons. The second-order valence-corrected chi connectivity index (χ2v) is 5.08. The molecule has 1 atom stereocenters. The summed E-state index contributed by atoms with van der Waals surface area (Å²) in [6.45, 7) is 4.77. The Kier molecular flexibility index (Phi) is 6.56. The fourth-order valence-corrected chi connectivity index (χ4v) is 1.82. The van der Waals surface area contributed by atoms with Crippen LogP contribution in [0, 0.1) is 12.8 Å². The first-order valence-corrected chi connectivity index (χ1v) is 6.76. The van der Waals surface area contributed by atoms with Crippen LogP contribution in [0.1, 0.15) is 24.5 Å². The normalized spacial score (nSPS) is 11.7. The van der Waals surface area contributed by atoms with Gasteiger partial charge in [-0.05, 0) is 24.8 Å². The smallest absolute Gasteiger partial charge is 0.404 e. The van der Waals surface area contributed by atoms with Crippen molar-refractivity contribution in [2.75, 3.05) is 13.1 Å². The van der Waals surface area contributed by atoms with Gasteiger partial charge in [0, 0.05) is 19.5 Å². The topological polar surface area (TPSA) is 78.4 Å². The minimum Gasteiger partial charge on any atom is -0.465 e. The Labute approximate surface area is 119 Å². The Morgan fingerprint density at radius 1 is 1.20 bits per heavy atom. The number of carboxylic acid groups (broad SMARTS) is 1. The van der Waals surface area contributed by atoms with Crippen molar-refractivity contribution in [1.29, 1.82) is 0 Å². The van der Waals surface area contributed by atoms with Crippen LogP contribution in [0.2, 0.25) is 0 Å². The summed E-state index contributed by atoms with van der Waals surface area (Å²) in [5, 5.41) is 13.6. The highest BCUT2D eigenvalue weighted by Crippen LogP contribution is 2.04. The van der Waals surface area contributed by atoms with Crippen molar-refractivity contribution in [2.45, 2.75) is 26.7 Å². The van der Waals surface area contributed by atoms with Crippen LogP contribution >= 0.6 is 0 Å². The third kappa shape index (κ3) is 6.78. The van der Waals surface area contributed by atoms with E-state index in [-0.39, 0.29) is 11.8 Å². The number of benzene rings is 1. The third-order valence-electron chi connectivity index (χ3n) is 2.99. The van der Waals surface area contributed by atoms with Gasteiger partial charge in [-0.3, -0.25) is 4.79 Å². The van der Waals surface area contributed by atoms with E-state index in [9.17, 15) is 9.59 Å². The summed E-state index contributed by atoms with van der Waals surface area (Å²) in [5.41, 5.74) is 2.41. The fraction of sp³-hybridized carbons (Fsp3) is 0.467. The van der Waals surface area contributed by atoms with Crippen LogP contribution in [0.3, 0.4) is 0 Å². The second-order valence-electron chi connectivity index (χ2n) is 5.08. The molecule has 0 heterocycles. The molecule has 1 aromatic rings. The van der Waals surface area contributed by atoms with Gasteiger partial charge in [0.1, 0.15) is 0 Å². The molecular formula is C15H22N2O3. The van der Waals surface area contributed by atoms with Crippen molar-refractivity contribution in [3.63, 3.8) is 0 Å². The number of hydrogen-bond acceptors (Lipinski definition) is 2. The standard InChI is InChI=1S/C15H22N2O3/c1-11-3-5-13(6-4-11)7-8-16-14(18)9-12(2)10-17-15(19)20/h3-6,12,17H,7-10H2,1-2H3,(H,16,18)(H,19,20). The molecule has 110 valence electrons. The van der Waals surface area contributed by atoms with E-state index in [2.05, 4.69) is 34.9 Å². The molecule has 0 saturated heterocycles. The summed E-state index contributed by atoms with van der Waals surface area (Å²) >= 11 is 0. The SMILES string of the molecule is Cc1ccc(CCNC(=O)CC(C)CNC(=O)O)cc1. The van der Waals surface area contributed by atoms with Crippen molar-refractivity contribution in [2.24, 2.45) is 5.92 Å². The van der Waals surface area contributed by atoms with Gasteiger partial charge in [0.15, 0.2) is 0 Å². The van der Waals surface area contributed by atoms with E-state index in [1.54, 1.807) is 0 Å². The number of carbonyl (C=O) groups excluding carboxylic acids is 1. The summed E-state index contributed by atoms with van der Waals surface area (Å²) in [7, 11) is 0. The fourth-order valence-electron chi connectivity index (χ4n) is 1.82. The van der Waals surface area contributed by atoms with E-state index in [4.69, 9.17) is 5.11 Å². The Bertz CT molecular complexity index is 443. The Balaban J connectivity index is 2.19. The van der Waals surface area contributed by atoms with Crippen molar-refractivity contribution in [3.8, 4) is 0 Å². The van der Waals surface area contributed by atoms with Gasteiger partial charge in [-0.1, -0.05) is 36.8 Å². The monoisotopic (exact) mass is 278 g/mol. The lowest BCUT2D eigenvalue weighted by molar-refractivity contribution is -0.121. The molecule has 0 aliphatic rings. The number of aryl methyl sites for hydroxylation is 1. The summed E-state index contributed by atoms with van der Waals surface area (Å²) in [6, 6.07) is 8.22. The van der Waals surface area contributed by atoms with E-state index in [0.717, 1.165) is 6.42 Å². The quantitative estimate of drug-likeness (QED) is 0.713. The molecule has 1 unspecified atom stereocenters. The minimum atomic E-state index is -1.06. The Morgan fingerprint density at radius 3 is 2.45 bits per heavy atom. The average molecular weight is 278 g/mol. The number of carbonyl (C=O) groups is 2. The number of hydrogen-bond donors (Lipinski definition) is 3. The average Bonchev–Trinajstić information content (AvgIpc) is 2.38. The molecule has 0 spiro atoms. The van der Waals surface area contributed by atoms with Crippen LogP contribution in [0.4, 0.5) is 4.79 Å². The molecule has 0 aliphatic heterocycles. The van der Waals surface area contributed by atoms with Crippen LogP contribution in [-0.4, -0.2) is 30.2 Å². The van der Waals surface area contributed by atoms with E-state index in [0.29, 0.717) is 19.5 Å². The maximum absolute atomic E-state index is 11.7. The van der Waals surface area contributed by atoms with Gasteiger partial charge >= 0.3 is 6.09 Å². The molecule has 3 N–H and O–H groups in total. The maximum Gasteiger partial charge on any atom is 0.404 e. The first kappa shape index (κ1) is 16.0. The van der Waals surface area contributed by atoms with Gasteiger partial charge in [0.05, 0.1) is 0 Å². The first-order chi connectivity index (χ1) is 9.47. The molecule has 2 amide bonds. The predicted molar refractivity (Wildman–Crippen MR) is 77.7 cm³/mol. The highest BCUT2D eigenvalue weighted by molar-refractivity contribution is 5.76. The van der Waals surface area contributed by atoms with E-state index >= 15 is 0 Å². The summed E-state index contributed by atoms with van der Waals surface area (Å²) in [4.78, 5) is 22.0. The predicted octanol–water partition coefficient (Wildman–Crippen LogP) is 1.95. The zero-order valence-electron chi connectivity index (χ0n) is 12.0. The first-order valence-electron chi connectivity index (χ1n) is 6.76. The molecule has 0 aliphatic carbocycles. The van der Waals surface area contributed by atoms with Crippen molar-refractivity contribution < 1.29 is 14.7 Å². The molecule has 0 saturated carbocycles. The lowest BCUT2D eigenvalue weighted by Crippen LogP contribution is -2.32. The van der Waals surface area contributed by atoms with Gasteiger partial charge in [0.25, 0.3) is 0 Å². The largest absolute Gasteiger partial charge is 0.465 e. The lowest BCUT2D eigenvalue weighted by atomic mass is 10.1. The Hall–Kier alpha value is -2.04. The number of rotatable bonds is 7. The second kappa shape index (κ2) is 8.19. The zero-order valence-corrected chi connectivity index (χ0v) is 12.0. The summed E-state index contributed by atoms with van der Waals surface area (Å²) in [5.74, 6) is -0.0534. The van der Waals surface area contributed by atoms with Crippen molar-refractivity contribution in [3.05, 3.63) is 35.4 Å². The highest BCUT2D eigenvalue weighted by atomic mass is 16.4. The Morgan fingerprint density at radius 2 is 1.85 bits per heavy atom. The van der Waals surface area contributed by atoms with Crippen molar-refractivity contribution >= 4 is 12.0 Å². The zero-order chi connectivity index (χ0) is 15.0.